The SMILES string of the molecule is NS(=O)(=O)CC1CC2(CC2)C1. The van der Waals surface area contributed by atoms with Crippen LogP contribution in [0.4, 0.5) is 0 Å². The first-order chi connectivity index (χ1) is 4.99. The van der Waals surface area contributed by atoms with Crippen LogP contribution in [0, 0.1) is 11.3 Å². The smallest absolute Gasteiger partial charge is 0.209 e. The molecule has 11 heavy (non-hydrogen) atoms. The first-order valence-electron chi connectivity index (χ1n) is 4.00. The zero-order valence-electron chi connectivity index (χ0n) is 6.41. The standard InChI is InChI=1S/C7H13NO2S/c8-11(9,10)5-6-3-7(4-6)1-2-7/h6H,1-5H2,(H2,8,9,10). The Bertz CT molecular complexity index is 258. The monoisotopic (exact) mass is 175 g/mol. The van der Waals surface area contributed by atoms with Crippen molar-refractivity contribution >= 4 is 10.0 Å². The van der Waals surface area contributed by atoms with E-state index in [1.165, 1.54) is 12.8 Å². The van der Waals surface area contributed by atoms with Crippen molar-refractivity contribution < 1.29 is 8.42 Å². The van der Waals surface area contributed by atoms with Crippen molar-refractivity contribution in [3.63, 3.8) is 0 Å². The summed E-state index contributed by atoms with van der Waals surface area (Å²) in [5, 5.41) is 4.93. The molecule has 0 bridgehead atoms. The van der Waals surface area contributed by atoms with Crippen LogP contribution in [0.25, 0.3) is 0 Å². The predicted molar refractivity (Wildman–Crippen MR) is 42.4 cm³/mol. The van der Waals surface area contributed by atoms with Gasteiger partial charge < -0.3 is 0 Å². The van der Waals surface area contributed by atoms with Crippen LogP contribution in [-0.4, -0.2) is 14.2 Å². The van der Waals surface area contributed by atoms with Gasteiger partial charge in [-0.1, -0.05) is 0 Å². The van der Waals surface area contributed by atoms with Gasteiger partial charge in [-0.3, -0.25) is 0 Å². The molecule has 0 aromatic rings. The molecule has 2 fully saturated rings. The van der Waals surface area contributed by atoms with Crippen molar-refractivity contribution in [2.75, 3.05) is 5.75 Å². The van der Waals surface area contributed by atoms with E-state index in [2.05, 4.69) is 0 Å². The summed E-state index contributed by atoms with van der Waals surface area (Å²) in [5.41, 5.74) is 0.593. The van der Waals surface area contributed by atoms with Crippen molar-refractivity contribution in [2.24, 2.45) is 16.5 Å². The number of sulfonamides is 1. The van der Waals surface area contributed by atoms with Crippen LogP contribution < -0.4 is 5.14 Å². The summed E-state index contributed by atoms with van der Waals surface area (Å²) in [5.74, 6) is 0.571. The van der Waals surface area contributed by atoms with Crippen LogP contribution >= 0.6 is 0 Å². The van der Waals surface area contributed by atoms with Gasteiger partial charge in [-0.15, -0.1) is 0 Å². The van der Waals surface area contributed by atoms with E-state index >= 15 is 0 Å². The lowest BCUT2D eigenvalue weighted by Crippen LogP contribution is -2.33. The van der Waals surface area contributed by atoms with E-state index in [-0.39, 0.29) is 5.75 Å². The highest BCUT2D eigenvalue weighted by Crippen LogP contribution is 2.63. The van der Waals surface area contributed by atoms with E-state index in [0.717, 1.165) is 12.8 Å². The minimum atomic E-state index is -3.21. The fourth-order valence-corrected chi connectivity index (χ4v) is 3.09. The highest BCUT2D eigenvalue weighted by atomic mass is 32.2. The van der Waals surface area contributed by atoms with Gasteiger partial charge >= 0.3 is 0 Å². The van der Waals surface area contributed by atoms with Crippen molar-refractivity contribution in [1.82, 2.24) is 0 Å². The normalized spacial score (nSPS) is 28.5. The Kier molecular flexibility index (Phi) is 1.36. The number of primary sulfonamides is 1. The predicted octanol–water partition coefficient (Wildman–Crippen LogP) is 0.465. The molecule has 2 aliphatic carbocycles. The van der Waals surface area contributed by atoms with E-state index in [0.29, 0.717) is 11.3 Å². The van der Waals surface area contributed by atoms with Crippen LogP contribution in [-0.2, 0) is 10.0 Å². The van der Waals surface area contributed by atoms with E-state index in [1.54, 1.807) is 0 Å². The lowest BCUT2D eigenvalue weighted by Gasteiger charge is -2.34. The molecule has 2 aliphatic rings. The van der Waals surface area contributed by atoms with Gasteiger partial charge in [-0.05, 0) is 37.0 Å². The third kappa shape index (κ3) is 1.56. The van der Waals surface area contributed by atoms with E-state index in [1.807, 2.05) is 0 Å². The van der Waals surface area contributed by atoms with Gasteiger partial charge in [0.05, 0.1) is 5.75 Å². The number of nitrogens with two attached hydrogens (primary N) is 1. The molecule has 0 aliphatic heterocycles. The average molecular weight is 175 g/mol. The van der Waals surface area contributed by atoms with Crippen LogP contribution in [0.1, 0.15) is 25.7 Å². The van der Waals surface area contributed by atoms with Crippen LogP contribution in [0.3, 0.4) is 0 Å². The number of hydrogen-bond acceptors (Lipinski definition) is 2. The molecule has 1 spiro atoms. The van der Waals surface area contributed by atoms with Crippen LogP contribution in [0.2, 0.25) is 0 Å². The van der Waals surface area contributed by atoms with Crippen LogP contribution in [0.15, 0.2) is 0 Å². The van der Waals surface area contributed by atoms with Crippen molar-refractivity contribution in [2.45, 2.75) is 25.7 Å². The minimum absolute atomic E-state index is 0.203. The molecule has 0 atom stereocenters. The van der Waals surface area contributed by atoms with Gasteiger partial charge in [0.1, 0.15) is 0 Å². The summed E-state index contributed by atoms with van der Waals surface area (Å²) < 4.78 is 21.3. The molecule has 2 rings (SSSR count). The maximum atomic E-state index is 10.6. The maximum Gasteiger partial charge on any atom is 0.209 e. The Morgan fingerprint density at radius 3 is 2.27 bits per heavy atom. The molecule has 0 radical (unpaired) electrons. The summed E-state index contributed by atoms with van der Waals surface area (Å²) in [7, 11) is -3.21. The van der Waals surface area contributed by atoms with E-state index in [4.69, 9.17) is 5.14 Å². The Morgan fingerprint density at radius 1 is 1.36 bits per heavy atom. The highest BCUT2D eigenvalue weighted by molar-refractivity contribution is 7.89. The zero-order chi connectivity index (χ0) is 8.11. The number of rotatable bonds is 2. The van der Waals surface area contributed by atoms with Gasteiger partial charge in [0.15, 0.2) is 0 Å². The zero-order valence-corrected chi connectivity index (χ0v) is 7.23. The largest absolute Gasteiger partial charge is 0.229 e. The molecule has 3 nitrogen and oxygen atoms in total. The summed E-state index contributed by atoms with van der Waals surface area (Å²) in [6, 6.07) is 0. The summed E-state index contributed by atoms with van der Waals surface area (Å²) in [6.07, 6.45) is 4.83. The molecule has 0 aromatic heterocycles. The second-order valence-electron chi connectivity index (χ2n) is 4.10. The summed E-state index contributed by atoms with van der Waals surface area (Å²) >= 11 is 0. The van der Waals surface area contributed by atoms with Crippen molar-refractivity contribution in [3.05, 3.63) is 0 Å². The minimum Gasteiger partial charge on any atom is -0.229 e. The first kappa shape index (κ1) is 7.55. The fraction of sp³-hybridized carbons (Fsp3) is 1.00. The Hall–Kier alpha value is -0.0900. The molecule has 64 valence electrons. The van der Waals surface area contributed by atoms with E-state index < -0.39 is 10.0 Å². The van der Waals surface area contributed by atoms with Gasteiger partial charge in [-0.25, -0.2) is 13.6 Å². The molecule has 2 saturated carbocycles. The first-order valence-corrected chi connectivity index (χ1v) is 5.71. The quantitative estimate of drug-likeness (QED) is 0.663. The van der Waals surface area contributed by atoms with Gasteiger partial charge in [0.2, 0.25) is 10.0 Å². The maximum absolute atomic E-state index is 10.6. The van der Waals surface area contributed by atoms with Gasteiger partial charge in [0, 0.05) is 0 Å². The molecule has 0 unspecified atom stereocenters. The summed E-state index contributed by atoms with van der Waals surface area (Å²) in [4.78, 5) is 0. The number of hydrogen-bond donors (Lipinski definition) is 1. The molecule has 2 N–H and O–H groups in total. The third-order valence-electron chi connectivity index (χ3n) is 2.87. The average Bonchev–Trinajstić information content (AvgIpc) is 2.38. The summed E-state index contributed by atoms with van der Waals surface area (Å²) in [6.45, 7) is 0. The molecule has 4 heteroatoms. The van der Waals surface area contributed by atoms with Crippen molar-refractivity contribution in [3.8, 4) is 0 Å². The second kappa shape index (κ2) is 1.98. The molecule has 0 saturated heterocycles. The Balaban J connectivity index is 1.83. The molecule has 0 heterocycles. The van der Waals surface area contributed by atoms with Crippen LogP contribution in [0.5, 0.6) is 0 Å². The lowest BCUT2D eigenvalue weighted by molar-refractivity contribution is 0.189. The van der Waals surface area contributed by atoms with Gasteiger partial charge in [-0.2, -0.15) is 0 Å². The van der Waals surface area contributed by atoms with Gasteiger partial charge in [0.25, 0.3) is 0 Å². The lowest BCUT2D eigenvalue weighted by atomic mass is 9.73. The highest BCUT2D eigenvalue weighted by Gasteiger charge is 2.53. The molecule has 0 amide bonds. The Morgan fingerprint density at radius 2 is 1.91 bits per heavy atom. The molecular formula is C7H13NO2S. The Labute approximate surface area is 67.0 Å². The third-order valence-corrected chi connectivity index (χ3v) is 3.80. The fourth-order valence-electron chi connectivity index (χ4n) is 2.20. The molecule has 0 aromatic carbocycles. The van der Waals surface area contributed by atoms with Crippen molar-refractivity contribution in [1.29, 1.82) is 0 Å². The molecular weight excluding hydrogens is 162 g/mol. The van der Waals surface area contributed by atoms with E-state index in [9.17, 15) is 8.42 Å². The second-order valence-corrected chi connectivity index (χ2v) is 5.76. The topological polar surface area (TPSA) is 60.2 Å².